The normalized spacial score (nSPS) is 13.3. The Balaban J connectivity index is 2.99. The molecule has 33 heavy (non-hydrogen) atoms. The number of hydrogen-bond donors (Lipinski definition) is 7. The Hall–Kier alpha value is -3.51. The zero-order chi connectivity index (χ0) is 24.8. The smallest absolute Gasteiger partial charge is 0.322 e. The number of hydrogen-bond acceptors (Lipinski definition) is 7. The van der Waals surface area contributed by atoms with Crippen molar-refractivity contribution in [1.29, 1.82) is 0 Å². The molecule has 0 bridgehead atoms. The largest absolute Gasteiger partial charge is 0.481 e. The van der Waals surface area contributed by atoms with Gasteiger partial charge in [-0.3, -0.25) is 24.0 Å². The van der Waals surface area contributed by atoms with Crippen LogP contribution in [0.5, 0.6) is 0 Å². The van der Waals surface area contributed by atoms with Crippen molar-refractivity contribution in [2.24, 2.45) is 11.5 Å². The number of unbranched alkanes of at least 4 members (excludes halogenated alkanes) is 1. The van der Waals surface area contributed by atoms with Crippen molar-refractivity contribution in [3.63, 3.8) is 0 Å². The highest BCUT2D eigenvalue weighted by Gasteiger charge is 2.29. The molecule has 3 unspecified atom stereocenters. The second-order valence-corrected chi connectivity index (χ2v) is 7.41. The van der Waals surface area contributed by atoms with Crippen LogP contribution in [0, 0.1) is 0 Å². The molecule has 3 atom stereocenters. The zero-order valence-corrected chi connectivity index (χ0v) is 18.2. The second-order valence-electron chi connectivity index (χ2n) is 7.41. The van der Waals surface area contributed by atoms with Gasteiger partial charge in [-0.2, -0.15) is 0 Å². The van der Waals surface area contributed by atoms with Crippen molar-refractivity contribution in [1.82, 2.24) is 16.0 Å². The maximum Gasteiger partial charge on any atom is 0.322 e. The molecule has 1 rings (SSSR count). The van der Waals surface area contributed by atoms with Gasteiger partial charge >= 0.3 is 11.9 Å². The molecule has 1 aromatic rings. The van der Waals surface area contributed by atoms with E-state index in [1.54, 1.807) is 30.3 Å². The van der Waals surface area contributed by atoms with Crippen molar-refractivity contribution in [3.8, 4) is 0 Å². The SMILES string of the molecule is NCCCCC(NC(=O)C(Cc1ccccc1)NC(=O)C(N)CC(=O)O)C(=O)NCC(=O)O. The maximum atomic E-state index is 13.0. The van der Waals surface area contributed by atoms with Gasteiger partial charge in [-0.15, -0.1) is 0 Å². The molecule has 1 aromatic carbocycles. The maximum absolute atomic E-state index is 13.0. The number of carboxylic acids is 2. The van der Waals surface area contributed by atoms with Gasteiger partial charge in [0.2, 0.25) is 17.7 Å². The molecule has 0 spiro atoms. The molecule has 12 heteroatoms. The number of amides is 3. The minimum atomic E-state index is -1.37. The van der Waals surface area contributed by atoms with E-state index in [9.17, 15) is 24.0 Å². The van der Waals surface area contributed by atoms with Crippen molar-refractivity contribution in [3.05, 3.63) is 35.9 Å². The molecule has 0 fully saturated rings. The molecule has 0 aliphatic rings. The van der Waals surface area contributed by atoms with Crippen LogP contribution in [0.4, 0.5) is 0 Å². The number of nitrogens with two attached hydrogens (primary N) is 2. The summed E-state index contributed by atoms with van der Waals surface area (Å²) in [5.74, 6) is -4.72. The minimum absolute atomic E-state index is 0.0600. The molecule has 12 nitrogen and oxygen atoms in total. The predicted octanol–water partition coefficient (Wildman–Crippen LogP) is -1.67. The van der Waals surface area contributed by atoms with E-state index in [1.807, 2.05) is 0 Å². The summed E-state index contributed by atoms with van der Waals surface area (Å²) in [6.45, 7) is -0.234. The number of benzene rings is 1. The zero-order valence-electron chi connectivity index (χ0n) is 18.2. The van der Waals surface area contributed by atoms with Crippen LogP contribution < -0.4 is 27.4 Å². The third-order valence-electron chi connectivity index (χ3n) is 4.64. The number of carbonyl (C=O) groups excluding carboxylic acids is 3. The molecular weight excluding hydrogens is 434 g/mol. The van der Waals surface area contributed by atoms with Crippen LogP contribution in [-0.4, -0.2) is 71.1 Å². The van der Waals surface area contributed by atoms with E-state index < -0.39 is 60.8 Å². The van der Waals surface area contributed by atoms with Crippen LogP contribution in [0.3, 0.4) is 0 Å². The monoisotopic (exact) mass is 465 g/mol. The minimum Gasteiger partial charge on any atom is -0.481 e. The second kappa shape index (κ2) is 14.5. The lowest BCUT2D eigenvalue weighted by Gasteiger charge is -2.24. The van der Waals surface area contributed by atoms with E-state index in [4.69, 9.17) is 21.7 Å². The Morgan fingerprint density at radius 1 is 0.848 bits per heavy atom. The average Bonchev–Trinajstić information content (AvgIpc) is 2.76. The first-order chi connectivity index (χ1) is 15.6. The van der Waals surface area contributed by atoms with E-state index >= 15 is 0 Å². The fourth-order valence-corrected chi connectivity index (χ4v) is 2.94. The highest BCUT2D eigenvalue weighted by atomic mass is 16.4. The third-order valence-corrected chi connectivity index (χ3v) is 4.64. The average molecular weight is 466 g/mol. The van der Waals surface area contributed by atoms with Gasteiger partial charge in [0, 0.05) is 6.42 Å². The summed E-state index contributed by atoms with van der Waals surface area (Å²) in [6, 6.07) is 5.18. The van der Waals surface area contributed by atoms with Crippen molar-refractivity contribution in [2.45, 2.75) is 50.2 Å². The number of nitrogens with one attached hydrogen (secondary N) is 3. The van der Waals surface area contributed by atoms with Gasteiger partial charge in [0.25, 0.3) is 0 Å². The molecular formula is C21H31N5O7. The van der Waals surface area contributed by atoms with Gasteiger partial charge in [0.1, 0.15) is 18.6 Å². The number of rotatable bonds is 15. The molecule has 3 amide bonds. The Kier molecular flexibility index (Phi) is 12.1. The molecule has 182 valence electrons. The van der Waals surface area contributed by atoms with Gasteiger partial charge in [0.15, 0.2) is 0 Å². The highest BCUT2D eigenvalue weighted by molar-refractivity contribution is 5.94. The van der Waals surface area contributed by atoms with Gasteiger partial charge < -0.3 is 37.6 Å². The van der Waals surface area contributed by atoms with Gasteiger partial charge in [-0.1, -0.05) is 30.3 Å². The molecule has 0 heterocycles. The Morgan fingerprint density at radius 2 is 1.48 bits per heavy atom. The lowest BCUT2D eigenvalue weighted by molar-refractivity contribution is -0.139. The van der Waals surface area contributed by atoms with E-state index in [0.717, 1.165) is 0 Å². The molecule has 0 aliphatic carbocycles. The number of aliphatic carboxylic acids is 2. The molecule has 9 N–H and O–H groups in total. The van der Waals surface area contributed by atoms with Crippen LogP contribution in [0.25, 0.3) is 0 Å². The van der Waals surface area contributed by atoms with Crippen molar-refractivity contribution in [2.75, 3.05) is 13.1 Å². The van der Waals surface area contributed by atoms with Crippen LogP contribution in [0.1, 0.15) is 31.2 Å². The van der Waals surface area contributed by atoms with Crippen LogP contribution in [0.2, 0.25) is 0 Å². The summed E-state index contributed by atoms with van der Waals surface area (Å²) < 4.78 is 0. The van der Waals surface area contributed by atoms with Crippen molar-refractivity contribution < 1.29 is 34.2 Å². The molecule has 0 radical (unpaired) electrons. The van der Waals surface area contributed by atoms with Gasteiger partial charge in [-0.25, -0.2) is 0 Å². The molecule has 0 aromatic heterocycles. The van der Waals surface area contributed by atoms with Crippen LogP contribution >= 0.6 is 0 Å². The van der Waals surface area contributed by atoms with E-state index in [0.29, 0.717) is 24.9 Å². The highest BCUT2D eigenvalue weighted by Crippen LogP contribution is 2.07. The summed E-state index contributed by atoms with van der Waals surface area (Å²) in [5, 5.41) is 24.9. The fourth-order valence-electron chi connectivity index (χ4n) is 2.94. The third kappa shape index (κ3) is 11.1. The summed E-state index contributed by atoms with van der Waals surface area (Å²) in [6.07, 6.45) is 0.738. The quantitative estimate of drug-likeness (QED) is 0.147. The Labute approximate surface area is 191 Å². The van der Waals surface area contributed by atoms with E-state index in [1.165, 1.54) is 0 Å². The van der Waals surface area contributed by atoms with E-state index in [-0.39, 0.29) is 12.8 Å². The van der Waals surface area contributed by atoms with Gasteiger partial charge in [0.05, 0.1) is 12.5 Å². The fraction of sp³-hybridized carbons (Fsp3) is 0.476. The first kappa shape index (κ1) is 27.5. The topological polar surface area (TPSA) is 214 Å². The van der Waals surface area contributed by atoms with E-state index in [2.05, 4.69) is 16.0 Å². The predicted molar refractivity (Wildman–Crippen MR) is 118 cm³/mol. The first-order valence-corrected chi connectivity index (χ1v) is 10.5. The van der Waals surface area contributed by atoms with Crippen LogP contribution in [0.15, 0.2) is 30.3 Å². The molecule has 0 saturated carbocycles. The standard InChI is InChI=1S/C21H31N5O7/c22-9-5-4-8-15(20(32)24-12-18(29)30)25-21(33)16(10-13-6-2-1-3-7-13)26-19(31)14(23)11-17(27)28/h1-3,6-7,14-16H,4-5,8-12,22-23H2,(H,24,32)(H,25,33)(H,26,31)(H,27,28)(H,29,30). The summed E-state index contributed by atoms with van der Waals surface area (Å²) >= 11 is 0. The Morgan fingerprint density at radius 3 is 2.06 bits per heavy atom. The van der Waals surface area contributed by atoms with Crippen LogP contribution in [-0.2, 0) is 30.4 Å². The van der Waals surface area contributed by atoms with Crippen molar-refractivity contribution >= 4 is 29.7 Å². The molecule has 0 saturated heterocycles. The molecule has 0 aliphatic heterocycles. The summed E-state index contributed by atoms with van der Waals surface area (Å²) in [5.41, 5.74) is 11.8. The Bertz CT molecular complexity index is 818. The lowest BCUT2D eigenvalue weighted by Crippen LogP contribution is -2.56. The number of carbonyl (C=O) groups is 5. The lowest BCUT2D eigenvalue weighted by atomic mass is 10.0. The van der Waals surface area contributed by atoms with Gasteiger partial charge in [-0.05, 0) is 31.4 Å². The first-order valence-electron chi connectivity index (χ1n) is 10.5. The summed E-state index contributed by atoms with van der Waals surface area (Å²) in [4.78, 5) is 59.4. The summed E-state index contributed by atoms with van der Waals surface area (Å²) in [7, 11) is 0. The number of carboxylic acid groups (broad SMARTS) is 2.